The van der Waals surface area contributed by atoms with Crippen LogP contribution in [-0.2, 0) is 31.4 Å². The van der Waals surface area contributed by atoms with E-state index in [0.717, 1.165) is 22.6 Å². The van der Waals surface area contributed by atoms with E-state index in [-0.39, 0.29) is 37.6 Å². The number of rotatable bonds is 10. The van der Waals surface area contributed by atoms with Crippen LogP contribution in [0.25, 0.3) is 10.8 Å². The predicted octanol–water partition coefficient (Wildman–Crippen LogP) is 1.15. The molecule has 1 saturated heterocycles. The van der Waals surface area contributed by atoms with Gasteiger partial charge in [-0.3, -0.25) is 14.9 Å². The average molecular weight is 563 g/mol. The molecule has 3 aromatic carbocycles. The van der Waals surface area contributed by atoms with Crippen LogP contribution >= 0.6 is 0 Å². The summed E-state index contributed by atoms with van der Waals surface area (Å²) in [4.78, 5) is 13.9. The maximum absolute atomic E-state index is 12.9. The van der Waals surface area contributed by atoms with Gasteiger partial charge < -0.3 is 4.74 Å². The van der Waals surface area contributed by atoms with Crippen LogP contribution in [0.1, 0.15) is 5.56 Å². The zero-order valence-corrected chi connectivity index (χ0v) is 22.4. The smallest absolute Gasteiger partial charge is 0.262 e. The number of hydrogen-bond donors (Lipinski definition) is 3. The molecule has 38 heavy (non-hydrogen) atoms. The highest BCUT2D eigenvalue weighted by molar-refractivity contribution is 7.89. The zero-order valence-electron chi connectivity index (χ0n) is 20.8. The lowest BCUT2D eigenvalue weighted by Gasteiger charge is -2.37. The first-order valence-electron chi connectivity index (χ1n) is 11.9. The minimum absolute atomic E-state index is 0.0138. The highest BCUT2D eigenvalue weighted by Crippen LogP contribution is 2.22. The summed E-state index contributed by atoms with van der Waals surface area (Å²) in [6.07, 6.45) is 1.11. The monoisotopic (exact) mass is 562 g/mol. The minimum atomic E-state index is -3.98. The summed E-state index contributed by atoms with van der Waals surface area (Å²) in [7, 11) is -7.35. The molecule has 1 atom stereocenters. The molecular weight excluding hydrogens is 532 g/mol. The first kappa shape index (κ1) is 28.0. The molecule has 1 heterocycles. The van der Waals surface area contributed by atoms with E-state index >= 15 is 0 Å². The van der Waals surface area contributed by atoms with Crippen molar-refractivity contribution in [2.24, 2.45) is 0 Å². The molecule has 4 rings (SSSR count). The van der Waals surface area contributed by atoms with Gasteiger partial charge in [-0.1, -0.05) is 42.5 Å². The van der Waals surface area contributed by atoms with Crippen molar-refractivity contribution in [2.75, 3.05) is 39.0 Å². The van der Waals surface area contributed by atoms with E-state index in [1.807, 2.05) is 42.5 Å². The van der Waals surface area contributed by atoms with Gasteiger partial charge in [0.1, 0.15) is 18.4 Å². The molecule has 0 aliphatic carbocycles. The van der Waals surface area contributed by atoms with E-state index in [4.69, 9.17) is 9.94 Å². The molecule has 3 aromatic rings. The van der Waals surface area contributed by atoms with Crippen LogP contribution in [-0.4, -0.2) is 82.2 Å². The van der Waals surface area contributed by atoms with E-state index in [0.29, 0.717) is 12.4 Å². The number of carbonyl (C=O) groups is 1. The Labute approximate surface area is 222 Å². The Morgan fingerprint density at radius 1 is 0.947 bits per heavy atom. The summed E-state index contributed by atoms with van der Waals surface area (Å²) < 4.78 is 58.9. The molecule has 0 spiro atoms. The number of benzene rings is 3. The molecule has 1 aliphatic heterocycles. The molecule has 1 fully saturated rings. The number of ether oxygens (including phenoxy) is 1. The first-order chi connectivity index (χ1) is 18.1. The van der Waals surface area contributed by atoms with E-state index in [1.165, 1.54) is 16.4 Å². The van der Waals surface area contributed by atoms with Gasteiger partial charge in [-0.2, -0.15) is 4.31 Å². The van der Waals surface area contributed by atoms with Gasteiger partial charge in [-0.15, -0.1) is 0 Å². The van der Waals surface area contributed by atoms with Crippen molar-refractivity contribution in [3.63, 3.8) is 0 Å². The van der Waals surface area contributed by atoms with Crippen LogP contribution in [0.5, 0.6) is 5.75 Å². The lowest BCUT2D eigenvalue weighted by molar-refractivity contribution is -0.135. The maximum atomic E-state index is 12.9. The Morgan fingerprint density at radius 2 is 1.61 bits per heavy atom. The van der Waals surface area contributed by atoms with Crippen molar-refractivity contribution in [1.82, 2.24) is 19.4 Å². The Balaban J connectivity index is 1.38. The predicted molar refractivity (Wildman–Crippen MR) is 142 cm³/mol. The standard InChI is InChI=1S/C25H30N4O7S2/c1-37(32,33)29-15-13-28(14-16-29)24(25(30)27-31)17-26-38(34,35)22-11-9-21(10-12-22)36-18-20-7-4-6-19-5-2-3-8-23(19)20/h2-12,24,26,31H,13-18H2,1H3,(H,27,30)/t24-/m0/s1. The second-order valence-corrected chi connectivity index (χ2v) is 12.7. The first-order valence-corrected chi connectivity index (χ1v) is 15.2. The fourth-order valence-electron chi connectivity index (χ4n) is 4.38. The lowest BCUT2D eigenvalue weighted by Crippen LogP contribution is -2.58. The van der Waals surface area contributed by atoms with Crippen molar-refractivity contribution in [3.05, 3.63) is 72.3 Å². The van der Waals surface area contributed by atoms with Crippen molar-refractivity contribution in [2.45, 2.75) is 17.5 Å². The Kier molecular flexibility index (Phi) is 8.65. The number of piperazine rings is 1. The summed E-state index contributed by atoms with van der Waals surface area (Å²) >= 11 is 0. The number of hydroxylamine groups is 1. The maximum Gasteiger partial charge on any atom is 0.262 e. The van der Waals surface area contributed by atoms with E-state index in [9.17, 15) is 21.6 Å². The molecule has 3 N–H and O–H groups in total. The summed E-state index contributed by atoms with van der Waals surface area (Å²) in [5, 5.41) is 11.3. The van der Waals surface area contributed by atoms with E-state index in [2.05, 4.69) is 4.72 Å². The molecule has 204 valence electrons. The van der Waals surface area contributed by atoms with Crippen molar-refractivity contribution in [3.8, 4) is 5.75 Å². The van der Waals surface area contributed by atoms with Crippen molar-refractivity contribution < 1.29 is 31.6 Å². The summed E-state index contributed by atoms with van der Waals surface area (Å²) in [5.41, 5.74) is 2.57. The number of nitrogens with zero attached hydrogens (tertiary/aromatic N) is 2. The largest absolute Gasteiger partial charge is 0.489 e. The average Bonchev–Trinajstić information content (AvgIpc) is 2.91. The third-order valence-electron chi connectivity index (χ3n) is 6.47. The summed E-state index contributed by atoms with van der Waals surface area (Å²) in [6.45, 7) is 0.719. The molecule has 0 saturated carbocycles. The highest BCUT2D eigenvalue weighted by atomic mass is 32.2. The number of amides is 1. The van der Waals surface area contributed by atoms with E-state index in [1.54, 1.807) is 22.5 Å². The fourth-order valence-corrected chi connectivity index (χ4v) is 6.24. The second-order valence-electron chi connectivity index (χ2n) is 8.94. The topological polar surface area (TPSA) is 145 Å². The van der Waals surface area contributed by atoms with Crippen molar-refractivity contribution >= 4 is 36.7 Å². The van der Waals surface area contributed by atoms with Crippen LogP contribution in [0.3, 0.4) is 0 Å². The summed E-state index contributed by atoms with van der Waals surface area (Å²) in [6, 6.07) is 18.8. The number of carbonyl (C=O) groups excluding carboxylic acids is 1. The second kappa shape index (κ2) is 11.8. The van der Waals surface area contributed by atoms with Crippen molar-refractivity contribution in [1.29, 1.82) is 0 Å². The Hall–Kier alpha value is -3.07. The van der Waals surface area contributed by atoms with Gasteiger partial charge in [0, 0.05) is 32.7 Å². The summed E-state index contributed by atoms with van der Waals surface area (Å²) in [5.74, 6) is -0.296. The molecule has 11 nitrogen and oxygen atoms in total. The molecular formula is C25H30N4O7S2. The molecule has 1 aliphatic rings. The van der Waals surface area contributed by atoms with Crippen LogP contribution in [0.4, 0.5) is 0 Å². The molecule has 0 radical (unpaired) electrons. The lowest BCUT2D eigenvalue weighted by atomic mass is 10.1. The van der Waals surface area contributed by atoms with Gasteiger partial charge in [0.25, 0.3) is 5.91 Å². The molecule has 1 amide bonds. The quantitative estimate of drug-likeness (QED) is 0.247. The van der Waals surface area contributed by atoms with Crippen LogP contribution < -0.4 is 14.9 Å². The SMILES string of the molecule is CS(=O)(=O)N1CCN([C@@H](CNS(=O)(=O)c2ccc(OCc3cccc4ccccc34)cc2)C(=O)NO)CC1. The van der Waals surface area contributed by atoms with Crippen LogP contribution in [0, 0.1) is 0 Å². The van der Waals surface area contributed by atoms with E-state index < -0.39 is 32.0 Å². The van der Waals surface area contributed by atoms with Crippen LogP contribution in [0.15, 0.2) is 71.6 Å². The molecule has 0 bridgehead atoms. The third kappa shape index (κ3) is 6.67. The fraction of sp³-hybridized carbons (Fsp3) is 0.320. The Bertz CT molecular complexity index is 1480. The van der Waals surface area contributed by atoms with Gasteiger partial charge in [0.2, 0.25) is 20.0 Å². The van der Waals surface area contributed by atoms with Crippen LogP contribution in [0.2, 0.25) is 0 Å². The number of hydrogen-bond acceptors (Lipinski definition) is 8. The zero-order chi connectivity index (χ0) is 27.3. The number of nitrogens with one attached hydrogen (secondary N) is 2. The van der Waals surface area contributed by atoms with Gasteiger partial charge in [-0.05, 0) is 40.6 Å². The Morgan fingerprint density at radius 3 is 2.26 bits per heavy atom. The van der Waals surface area contributed by atoms with Gasteiger partial charge >= 0.3 is 0 Å². The number of fused-ring (bicyclic) bond motifs is 1. The molecule has 13 heteroatoms. The number of sulfonamides is 2. The van der Waals surface area contributed by atoms with Gasteiger partial charge in [-0.25, -0.2) is 27.0 Å². The molecule has 0 aromatic heterocycles. The van der Waals surface area contributed by atoms with Gasteiger partial charge in [0.05, 0.1) is 11.2 Å². The highest BCUT2D eigenvalue weighted by Gasteiger charge is 2.32. The van der Waals surface area contributed by atoms with Gasteiger partial charge in [0.15, 0.2) is 0 Å². The third-order valence-corrected chi connectivity index (χ3v) is 9.21. The minimum Gasteiger partial charge on any atom is -0.489 e. The molecule has 0 unspecified atom stereocenters. The normalized spacial score (nSPS) is 16.3.